The van der Waals surface area contributed by atoms with Crippen LogP contribution in [0.5, 0.6) is 0 Å². The van der Waals surface area contributed by atoms with E-state index >= 15 is 0 Å². The van der Waals surface area contributed by atoms with Crippen molar-refractivity contribution in [2.45, 2.75) is 0 Å². The van der Waals surface area contributed by atoms with Crippen LogP contribution in [0.4, 0.5) is 0 Å². The molecule has 0 radical (unpaired) electrons. The molecule has 0 saturated heterocycles. The summed E-state index contributed by atoms with van der Waals surface area (Å²) < 4.78 is 0. The molecule has 0 aliphatic rings. The van der Waals surface area contributed by atoms with Crippen LogP contribution in [0.3, 0.4) is 0 Å². The molecule has 0 heterocycles. The van der Waals surface area contributed by atoms with Crippen LogP contribution in [-0.4, -0.2) is 0 Å². The maximum Gasteiger partial charge on any atom is 0.103 e. The first-order valence-corrected chi connectivity index (χ1v) is 5.37. The molecule has 0 aliphatic carbocycles. The van der Waals surface area contributed by atoms with Gasteiger partial charge in [-0.25, -0.2) is 0 Å². The molecule has 0 N–H and O–H groups in total. The second-order valence-corrected chi connectivity index (χ2v) is 6.99. The second kappa shape index (κ2) is 10.6. The van der Waals surface area contributed by atoms with Crippen molar-refractivity contribution in [3.63, 3.8) is 0 Å². The van der Waals surface area contributed by atoms with Crippen molar-refractivity contribution in [3.8, 4) is 0 Å². The summed E-state index contributed by atoms with van der Waals surface area (Å²) in [6.45, 7) is 0. The zero-order chi connectivity index (χ0) is 3.58. The van der Waals surface area contributed by atoms with E-state index in [2.05, 4.69) is 8.93 Å². The van der Waals surface area contributed by atoms with Gasteiger partial charge in [-0.05, 0) is 0 Å². The predicted octanol–water partition coefficient (Wildman–Crippen LogP) is 2.56. The third-order valence-corrected chi connectivity index (χ3v) is 0. The van der Waals surface area contributed by atoms with Crippen LogP contribution >= 0.6 is 37.7 Å². The minimum absolute atomic E-state index is 0. The molecular formula is H2Cl2FeP2Pd. The topological polar surface area (TPSA) is 0 Å². The van der Waals surface area contributed by atoms with Gasteiger partial charge in [0.2, 0.25) is 0 Å². The molecule has 0 fully saturated rings. The molecule has 44 valence electrons. The fourth-order valence-electron chi connectivity index (χ4n) is 0. The Morgan fingerprint density at radius 1 is 1.33 bits per heavy atom. The first-order chi connectivity index (χ1) is 1.73. The maximum absolute atomic E-state index is 5.07. The van der Waals surface area contributed by atoms with Gasteiger partial charge < -0.3 is 0 Å². The standard InChI is InChI=1S/Cl2H2P2.Fe.Pd/c1-4(2)3;;/h3H2;;. The molecule has 1 atom stereocenters. The van der Waals surface area contributed by atoms with Crippen molar-refractivity contribution in [2.75, 3.05) is 0 Å². The maximum atomic E-state index is 5.07. The molecular weight excluding hydrogens is 295 g/mol. The Labute approximate surface area is 74.7 Å². The number of hydrogen-bond donors (Lipinski definition) is 0. The molecule has 0 saturated carbocycles. The number of halogens is 2. The second-order valence-electron chi connectivity index (χ2n) is 0.259. The Morgan fingerprint density at radius 2 is 1.33 bits per heavy atom. The van der Waals surface area contributed by atoms with E-state index in [4.69, 9.17) is 22.5 Å². The Kier molecular flexibility index (Phi) is 27.9. The Bertz CT molecular complexity index is 16.3. The predicted molar refractivity (Wildman–Crippen MR) is 28.3 cm³/mol. The summed E-state index contributed by atoms with van der Waals surface area (Å²) >= 11 is 10.1. The average molecular weight is 297 g/mol. The van der Waals surface area contributed by atoms with Crippen molar-refractivity contribution in [3.05, 3.63) is 0 Å². The van der Waals surface area contributed by atoms with Gasteiger partial charge in [0.25, 0.3) is 0 Å². The summed E-state index contributed by atoms with van der Waals surface area (Å²) in [7, 11) is 2.25. The van der Waals surface area contributed by atoms with E-state index < -0.39 is 6.32 Å². The first-order valence-electron chi connectivity index (χ1n) is 0.596. The van der Waals surface area contributed by atoms with Gasteiger partial charge >= 0.3 is 0 Å². The van der Waals surface area contributed by atoms with Crippen molar-refractivity contribution >= 4 is 37.7 Å². The van der Waals surface area contributed by atoms with Crippen molar-refractivity contribution in [1.82, 2.24) is 0 Å². The summed E-state index contributed by atoms with van der Waals surface area (Å²) in [5.41, 5.74) is 0. The van der Waals surface area contributed by atoms with E-state index in [1.54, 1.807) is 0 Å². The Morgan fingerprint density at radius 3 is 1.33 bits per heavy atom. The van der Waals surface area contributed by atoms with Crippen molar-refractivity contribution in [1.29, 1.82) is 0 Å². The van der Waals surface area contributed by atoms with Gasteiger partial charge in [-0.15, -0.1) is 0 Å². The zero-order valence-corrected chi connectivity index (χ0v) is 8.67. The summed E-state index contributed by atoms with van der Waals surface area (Å²) in [5, 5.41) is 0. The summed E-state index contributed by atoms with van der Waals surface area (Å²) in [4.78, 5) is 0. The van der Waals surface area contributed by atoms with E-state index in [-0.39, 0.29) is 37.5 Å². The molecule has 0 rings (SSSR count). The summed E-state index contributed by atoms with van der Waals surface area (Å²) in [6.07, 6.45) is -0.759. The zero-order valence-electron chi connectivity index (χ0n) is 2.45. The van der Waals surface area contributed by atoms with Crippen molar-refractivity contribution in [2.24, 2.45) is 0 Å². The fraction of sp³-hybridized carbons (Fsp3) is 0. The van der Waals surface area contributed by atoms with Gasteiger partial charge in [-0.3, -0.25) is 0 Å². The van der Waals surface area contributed by atoms with Gasteiger partial charge in [0.15, 0.2) is 0 Å². The average Bonchev–Trinajstić information content (AvgIpc) is 0.811. The van der Waals surface area contributed by atoms with Crippen LogP contribution in [0.15, 0.2) is 0 Å². The SMILES string of the molecule is PP(Cl)Cl.[Fe].[Pd]. The van der Waals surface area contributed by atoms with E-state index in [1.807, 2.05) is 0 Å². The summed E-state index contributed by atoms with van der Waals surface area (Å²) in [6, 6.07) is 0. The molecule has 0 amide bonds. The first kappa shape index (κ1) is 15.8. The van der Waals surface area contributed by atoms with Crippen molar-refractivity contribution < 1.29 is 37.5 Å². The molecule has 0 aromatic rings. The molecule has 0 nitrogen and oxygen atoms in total. The smallest absolute Gasteiger partial charge is 0.0788 e. The monoisotopic (exact) mass is 296 g/mol. The number of rotatable bonds is 0. The van der Waals surface area contributed by atoms with E-state index in [1.165, 1.54) is 0 Å². The van der Waals surface area contributed by atoms with Crippen LogP contribution < -0.4 is 0 Å². The third-order valence-electron chi connectivity index (χ3n) is 0. The van der Waals surface area contributed by atoms with Gasteiger partial charge in [-0.2, -0.15) is 0 Å². The number of hydrogen-bond acceptors (Lipinski definition) is 0. The molecule has 0 bridgehead atoms. The summed E-state index contributed by atoms with van der Waals surface area (Å²) in [5.74, 6) is 0. The molecule has 6 heavy (non-hydrogen) atoms. The van der Waals surface area contributed by atoms with E-state index in [0.29, 0.717) is 0 Å². The van der Waals surface area contributed by atoms with Crippen LogP contribution in [0.25, 0.3) is 0 Å². The van der Waals surface area contributed by atoms with E-state index in [0.717, 1.165) is 0 Å². The normalized spacial score (nSPS) is 6.00. The molecule has 0 spiro atoms. The third kappa shape index (κ3) is 30.4. The van der Waals surface area contributed by atoms with Gasteiger partial charge in [0, 0.05) is 37.5 Å². The molecule has 6 heteroatoms. The van der Waals surface area contributed by atoms with Gasteiger partial charge in [0.05, 0.1) is 0 Å². The van der Waals surface area contributed by atoms with Crippen LogP contribution in [0, 0.1) is 0 Å². The Balaban J connectivity index is -0.0000000450. The van der Waals surface area contributed by atoms with Gasteiger partial charge in [0.1, 0.15) is 6.32 Å². The molecule has 0 aliphatic heterocycles. The van der Waals surface area contributed by atoms with E-state index in [9.17, 15) is 0 Å². The fourth-order valence-corrected chi connectivity index (χ4v) is 0. The van der Waals surface area contributed by atoms with Crippen LogP contribution in [-0.2, 0) is 37.5 Å². The molecule has 0 aromatic carbocycles. The van der Waals surface area contributed by atoms with Crippen LogP contribution in [0.2, 0.25) is 0 Å². The Hall–Kier alpha value is 2.62. The quantitative estimate of drug-likeness (QED) is 0.476. The van der Waals surface area contributed by atoms with Crippen LogP contribution in [0.1, 0.15) is 0 Å². The van der Waals surface area contributed by atoms with Gasteiger partial charge in [-0.1, -0.05) is 31.4 Å². The molecule has 0 aromatic heterocycles. The minimum atomic E-state index is -0.759. The minimum Gasteiger partial charge on any atom is -0.0788 e. The molecule has 1 unspecified atom stereocenters. The largest absolute Gasteiger partial charge is 0.103 e.